The maximum absolute atomic E-state index is 12.8. The number of nitrogens with one attached hydrogen (secondary N) is 2. The van der Waals surface area contributed by atoms with Gasteiger partial charge in [-0.1, -0.05) is 18.2 Å². The fourth-order valence-electron chi connectivity index (χ4n) is 3.16. The van der Waals surface area contributed by atoms with Gasteiger partial charge in [-0.2, -0.15) is 0 Å². The minimum absolute atomic E-state index is 0.232. The lowest BCUT2D eigenvalue weighted by atomic mass is 10.1. The molecule has 3 rings (SSSR count). The normalized spacial score (nSPS) is 16.5. The van der Waals surface area contributed by atoms with E-state index in [0.29, 0.717) is 0 Å². The molecule has 1 amide bonds. The summed E-state index contributed by atoms with van der Waals surface area (Å²) in [4.78, 5) is 23.5. The van der Waals surface area contributed by atoms with Crippen LogP contribution in [0.3, 0.4) is 0 Å². The van der Waals surface area contributed by atoms with Crippen molar-refractivity contribution >= 4 is 27.4 Å². The largest absolute Gasteiger partial charge is 0.479 e. The third-order valence-corrected chi connectivity index (χ3v) is 7.19. The molecule has 1 fully saturated rings. The van der Waals surface area contributed by atoms with Crippen LogP contribution in [0, 0.1) is 0 Å². The van der Waals surface area contributed by atoms with Gasteiger partial charge in [0.15, 0.2) is 0 Å². The van der Waals surface area contributed by atoms with Gasteiger partial charge < -0.3 is 26.4 Å². The van der Waals surface area contributed by atoms with Gasteiger partial charge in [0, 0.05) is 37.4 Å². The fraction of sp³-hybridized carbons (Fsp3) is 0.300. The summed E-state index contributed by atoms with van der Waals surface area (Å²) >= 11 is 0. The van der Waals surface area contributed by atoms with Crippen molar-refractivity contribution in [1.29, 1.82) is 0 Å². The molecule has 9 nitrogen and oxygen atoms in total. The summed E-state index contributed by atoms with van der Waals surface area (Å²) in [6.45, 7) is 2.70. The number of sulfone groups is 1. The molecule has 0 spiro atoms. The van der Waals surface area contributed by atoms with Crippen LogP contribution < -0.4 is 21.3 Å². The Morgan fingerprint density at radius 1 is 1.07 bits per heavy atom. The Kier molecular flexibility index (Phi) is 6.40. The van der Waals surface area contributed by atoms with Gasteiger partial charge in [0.05, 0.1) is 11.4 Å². The molecule has 2 aromatic carbocycles. The van der Waals surface area contributed by atoms with Crippen molar-refractivity contribution in [2.75, 3.05) is 37.6 Å². The zero-order valence-corrected chi connectivity index (χ0v) is 17.1. The Bertz CT molecular complexity index is 1010. The van der Waals surface area contributed by atoms with Gasteiger partial charge in [0.1, 0.15) is 0 Å². The summed E-state index contributed by atoms with van der Waals surface area (Å²) < 4.78 is 25.6. The van der Waals surface area contributed by atoms with E-state index in [2.05, 4.69) is 15.5 Å². The number of nitrogens with two attached hydrogens (primary N) is 1. The quantitative estimate of drug-likeness (QED) is 0.480. The van der Waals surface area contributed by atoms with Crippen LogP contribution in [0.25, 0.3) is 0 Å². The van der Waals surface area contributed by atoms with Gasteiger partial charge in [0.25, 0.3) is 5.91 Å². The predicted molar refractivity (Wildman–Crippen MR) is 112 cm³/mol. The molecule has 0 radical (unpaired) electrons. The van der Waals surface area contributed by atoms with Crippen molar-refractivity contribution in [1.82, 2.24) is 10.6 Å². The monoisotopic (exact) mass is 432 g/mol. The molecule has 0 aromatic heterocycles. The number of carbonyl (C=O) groups is 2. The molecule has 10 heteroatoms. The van der Waals surface area contributed by atoms with E-state index in [1.54, 1.807) is 30.3 Å². The Labute approximate surface area is 174 Å². The van der Waals surface area contributed by atoms with Crippen molar-refractivity contribution < 1.29 is 23.1 Å². The SMILES string of the molecule is N[C@](CNC(=O)c1ccc(N2CCNCC2)cc1)(C(=O)O)S(=O)(=O)c1ccccc1. The van der Waals surface area contributed by atoms with Crippen molar-refractivity contribution in [3.05, 3.63) is 60.2 Å². The van der Waals surface area contributed by atoms with Crippen molar-refractivity contribution in [3.63, 3.8) is 0 Å². The molecule has 0 bridgehead atoms. The number of amides is 1. The molecule has 5 N–H and O–H groups in total. The van der Waals surface area contributed by atoms with Gasteiger partial charge in [-0.25, -0.2) is 13.2 Å². The van der Waals surface area contributed by atoms with E-state index in [0.717, 1.165) is 31.9 Å². The number of carboxylic acids is 1. The van der Waals surface area contributed by atoms with E-state index < -0.39 is 33.1 Å². The maximum atomic E-state index is 12.8. The Balaban J connectivity index is 1.73. The van der Waals surface area contributed by atoms with Crippen LogP contribution in [0.15, 0.2) is 59.5 Å². The number of piperazine rings is 1. The molecule has 0 unspecified atom stereocenters. The second kappa shape index (κ2) is 8.82. The lowest BCUT2D eigenvalue weighted by Crippen LogP contribution is -2.61. The van der Waals surface area contributed by atoms with Crippen molar-refractivity contribution in [2.24, 2.45) is 5.73 Å². The first-order valence-corrected chi connectivity index (χ1v) is 10.9. The molecular formula is C20H24N4O5S. The van der Waals surface area contributed by atoms with E-state index in [-0.39, 0.29) is 10.5 Å². The van der Waals surface area contributed by atoms with Crippen LogP contribution in [0.5, 0.6) is 0 Å². The second-order valence-corrected chi connectivity index (χ2v) is 9.18. The molecule has 1 aliphatic heterocycles. The number of nitrogens with zero attached hydrogens (tertiary/aromatic N) is 1. The fourth-order valence-corrected chi connectivity index (χ4v) is 4.58. The lowest BCUT2D eigenvalue weighted by molar-refractivity contribution is -0.139. The zero-order chi connectivity index (χ0) is 21.8. The van der Waals surface area contributed by atoms with Crippen LogP contribution in [-0.2, 0) is 14.6 Å². The van der Waals surface area contributed by atoms with Crippen LogP contribution in [0.4, 0.5) is 5.69 Å². The Morgan fingerprint density at radius 3 is 2.23 bits per heavy atom. The third kappa shape index (κ3) is 4.30. The first-order chi connectivity index (χ1) is 14.3. The van der Waals surface area contributed by atoms with E-state index in [1.807, 2.05) is 0 Å². The highest BCUT2D eigenvalue weighted by Gasteiger charge is 2.48. The lowest BCUT2D eigenvalue weighted by Gasteiger charge is -2.29. The van der Waals surface area contributed by atoms with Gasteiger partial charge in [0.2, 0.25) is 14.7 Å². The van der Waals surface area contributed by atoms with Crippen molar-refractivity contribution in [3.8, 4) is 0 Å². The van der Waals surface area contributed by atoms with E-state index >= 15 is 0 Å². The average Bonchev–Trinajstić information content (AvgIpc) is 2.78. The Hall–Kier alpha value is -2.95. The minimum Gasteiger partial charge on any atom is -0.479 e. The standard InChI is InChI=1S/C20H24N4O5S/c21-20(19(26)27,30(28,29)17-4-2-1-3-5-17)14-23-18(25)15-6-8-16(9-7-15)24-12-10-22-11-13-24/h1-9,22H,10-14,21H2,(H,23,25)(H,26,27)/t20-/m0/s1. The van der Waals surface area contributed by atoms with Crippen LogP contribution >= 0.6 is 0 Å². The summed E-state index contributed by atoms with van der Waals surface area (Å²) in [7, 11) is -4.45. The first kappa shape index (κ1) is 21.8. The van der Waals surface area contributed by atoms with E-state index in [4.69, 9.17) is 5.73 Å². The molecule has 1 aliphatic rings. The summed E-state index contributed by atoms with van der Waals surface area (Å²) in [6, 6.07) is 13.9. The Morgan fingerprint density at radius 2 is 1.67 bits per heavy atom. The molecular weight excluding hydrogens is 408 g/mol. The molecule has 1 heterocycles. The van der Waals surface area contributed by atoms with Gasteiger partial charge in [-0.05, 0) is 36.4 Å². The number of rotatable bonds is 7. The number of carbonyl (C=O) groups excluding carboxylic acids is 1. The zero-order valence-electron chi connectivity index (χ0n) is 16.2. The van der Waals surface area contributed by atoms with Crippen LogP contribution in [-0.4, -0.2) is 63.0 Å². The molecule has 1 atom stereocenters. The number of benzene rings is 2. The van der Waals surface area contributed by atoms with Crippen LogP contribution in [0.2, 0.25) is 0 Å². The second-order valence-electron chi connectivity index (χ2n) is 6.98. The summed E-state index contributed by atoms with van der Waals surface area (Å²) in [5.41, 5.74) is 7.03. The molecule has 2 aromatic rings. The smallest absolute Gasteiger partial charge is 0.341 e. The molecule has 160 valence electrons. The number of aliphatic carboxylic acids is 1. The highest BCUT2D eigenvalue weighted by molar-refractivity contribution is 7.93. The molecule has 30 heavy (non-hydrogen) atoms. The van der Waals surface area contributed by atoms with E-state index in [9.17, 15) is 23.1 Å². The average molecular weight is 433 g/mol. The van der Waals surface area contributed by atoms with Crippen molar-refractivity contribution in [2.45, 2.75) is 9.77 Å². The highest BCUT2D eigenvalue weighted by atomic mass is 32.2. The maximum Gasteiger partial charge on any atom is 0.341 e. The van der Waals surface area contributed by atoms with Gasteiger partial charge >= 0.3 is 5.97 Å². The molecule has 0 aliphatic carbocycles. The number of carboxylic acid groups (broad SMARTS) is 1. The van der Waals surface area contributed by atoms with Gasteiger partial charge in [-0.3, -0.25) is 4.79 Å². The topological polar surface area (TPSA) is 142 Å². The number of anilines is 1. The number of hydrogen-bond acceptors (Lipinski definition) is 7. The molecule has 1 saturated heterocycles. The first-order valence-electron chi connectivity index (χ1n) is 9.41. The van der Waals surface area contributed by atoms with E-state index in [1.165, 1.54) is 24.3 Å². The highest BCUT2D eigenvalue weighted by Crippen LogP contribution is 2.22. The minimum atomic E-state index is -4.45. The number of hydrogen-bond donors (Lipinski definition) is 4. The van der Waals surface area contributed by atoms with Crippen LogP contribution in [0.1, 0.15) is 10.4 Å². The summed E-state index contributed by atoms with van der Waals surface area (Å²) in [5.74, 6) is -2.36. The van der Waals surface area contributed by atoms with Gasteiger partial charge in [-0.15, -0.1) is 0 Å². The summed E-state index contributed by atoms with van der Waals surface area (Å²) in [5, 5.41) is 15.1. The predicted octanol–water partition coefficient (Wildman–Crippen LogP) is 0.0395. The third-order valence-electron chi connectivity index (χ3n) is 5.02. The molecule has 0 saturated carbocycles. The summed E-state index contributed by atoms with van der Waals surface area (Å²) in [6.07, 6.45) is 0.